The predicted octanol–water partition coefficient (Wildman–Crippen LogP) is 6.41. The van der Waals surface area contributed by atoms with Gasteiger partial charge in [0.25, 0.3) is 10.0 Å². The monoisotopic (exact) mass is 663 g/mol. The smallest absolute Gasteiger partial charge is 0.213 e. The molecule has 0 heterocycles. The maximum Gasteiger partial charge on any atom is 0.460 e. The van der Waals surface area contributed by atoms with Crippen molar-refractivity contribution >= 4 is 10.0 Å². The molecule has 0 rings (SSSR count). The molecular weight excluding hydrogens is 659 g/mol. The number of nitrogens with one attached hydrogen (secondary N) is 1. The highest BCUT2D eigenvalue weighted by Crippen LogP contribution is 2.67. The van der Waals surface area contributed by atoms with E-state index < -0.39 is 74.8 Å². The predicted molar refractivity (Wildman–Crippen MR) is 73.5 cm³/mol. The molecule has 27 heteroatoms. The Morgan fingerprint density at radius 1 is 0.359 bits per heavy atom. The maximum atomic E-state index is 13.5. The number of halogens is 23. The van der Waals surface area contributed by atoms with E-state index in [1.807, 2.05) is 0 Å². The van der Waals surface area contributed by atoms with Crippen LogP contribution >= 0.6 is 0 Å². The number of sulfonamides is 1. The largest absolute Gasteiger partial charge is 0.460 e. The number of hydrogen-bond donors (Lipinski definition) is 1. The molecule has 0 aliphatic heterocycles. The molecule has 0 atom stereocenters. The zero-order chi connectivity index (χ0) is 32.7. The maximum absolute atomic E-state index is 13.5. The topological polar surface area (TPSA) is 46.2 Å². The van der Waals surface area contributed by atoms with Gasteiger partial charge in [0.1, 0.15) is 0 Å². The summed E-state index contributed by atoms with van der Waals surface area (Å²) in [5, 5.41) is -7.80. The van der Waals surface area contributed by atoms with Gasteiger partial charge in [0, 0.05) is 0 Å². The van der Waals surface area contributed by atoms with E-state index in [0.717, 1.165) is 0 Å². The highest BCUT2D eigenvalue weighted by molar-refractivity contribution is 7.90. The van der Waals surface area contributed by atoms with Gasteiger partial charge >= 0.3 is 64.7 Å². The van der Waals surface area contributed by atoms with Crippen molar-refractivity contribution in [1.82, 2.24) is 4.72 Å². The molecular formula is C12H4F23NO2S. The lowest BCUT2D eigenvalue weighted by molar-refractivity contribution is -0.476. The van der Waals surface area contributed by atoms with Gasteiger partial charge in [0.2, 0.25) is 0 Å². The van der Waals surface area contributed by atoms with Gasteiger partial charge in [0.15, 0.2) is 0 Å². The second kappa shape index (κ2) is 8.90. The van der Waals surface area contributed by atoms with E-state index in [0.29, 0.717) is 0 Å². The molecule has 3 nitrogen and oxygen atoms in total. The minimum Gasteiger partial charge on any atom is -0.213 e. The fourth-order valence-electron chi connectivity index (χ4n) is 2.04. The Morgan fingerprint density at radius 2 is 0.538 bits per heavy atom. The zero-order valence-electron chi connectivity index (χ0n) is 16.9. The molecule has 0 fully saturated rings. The van der Waals surface area contributed by atoms with Gasteiger partial charge < -0.3 is 0 Å². The fourth-order valence-corrected chi connectivity index (χ4v) is 2.76. The van der Waals surface area contributed by atoms with E-state index >= 15 is 0 Å². The van der Waals surface area contributed by atoms with Crippen LogP contribution < -0.4 is 4.72 Å². The zero-order valence-corrected chi connectivity index (χ0v) is 17.7. The first-order chi connectivity index (χ1) is 16.3. The van der Waals surface area contributed by atoms with Crippen molar-refractivity contribution in [3.8, 4) is 0 Å². The van der Waals surface area contributed by atoms with Crippen LogP contribution in [0.1, 0.15) is 0 Å². The molecule has 0 aromatic heterocycles. The molecule has 0 aromatic rings. The fraction of sp³-hybridized carbons (Fsp3) is 1.00. The van der Waals surface area contributed by atoms with Crippen LogP contribution in [0.2, 0.25) is 0 Å². The number of rotatable bonds is 11. The summed E-state index contributed by atoms with van der Waals surface area (Å²) in [5.74, 6) is -82.6. The molecule has 236 valence electrons. The Balaban J connectivity index is 7.36. The van der Waals surface area contributed by atoms with Crippen LogP contribution in [0.15, 0.2) is 0 Å². The van der Waals surface area contributed by atoms with Gasteiger partial charge in [-0.25, -0.2) is 13.1 Å². The highest BCUT2D eigenvalue weighted by Gasteiger charge is 2.99. The van der Waals surface area contributed by atoms with E-state index in [1.54, 1.807) is 0 Å². The molecule has 0 aromatic carbocycles. The number of hydrogen-bond acceptors (Lipinski definition) is 2. The average Bonchev–Trinajstić information content (AvgIpc) is 2.71. The van der Waals surface area contributed by atoms with Crippen LogP contribution in [0.3, 0.4) is 0 Å². The third kappa shape index (κ3) is 4.25. The van der Waals surface area contributed by atoms with Crippen molar-refractivity contribution in [2.45, 2.75) is 64.7 Å². The van der Waals surface area contributed by atoms with E-state index in [1.165, 1.54) is 0 Å². The van der Waals surface area contributed by atoms with E-state index in [9.17, 15) is 109 Å². The van der Waals surface area contributed by atoms with Gasteiger partial charge in [0.05, 0.1) is 0 Å². The molecule has 0 saturated heterocycles. The molecule has 0 spiro atoms. The molecule has 0 radical (unpaired) electrons. The summed E-state index contributed by atoms with van der Waals surface area (Å²) in [4.78, 5) is 0. The lowest BCUT2D eigenvalue weighted by Crippen LogP contribution is -2.78. The summed E-state index contributed by atoms with van der Waals surface area (Å²) in [5.41, 5.74) is 0. The van der Waals surface area contributed by atoms with Gasteiger partial charge in [-0.1, -0.05) is 0 Å². The Morgan fingerprint density at radius 3 is 0.718 bits per heavy atom. The summed E-state index contributed by atoms with van der Waals surface area (Å²) >= 11 is 0. The third-order valence-corrected chi connectivity index (χ3v) is 5.95. The lowest BCUT2D eigenvalue weighted by Gasteiger charge is -2.45. The molecule has 0 aliphatic rings. The minimum absolute atomic E-state index is 0.0302. The molecule has 39 heavy (non-hydrogen) atoms. The van der Waals surface area contributed by atoms with Crippen molar-refractivity contribution in [1.29, 1.82) is 0 Å². The summed E-state index contributed by atoms with van der Waals surface area (Å²) in [6.07, 6.45) is -8.14. The van der Waals surface area contributed by atoms with Crippen LogP contribution in [-0.2, 0) is 10.0 Å². The van der Waals surface area contributed by atoms with Crippen LogP contribution in [0.5, 0.6) is 0 Å². The summed E-state index contributed by atoms with van der Waals surface area (Å²) < 4.78 is 323. The second-order valence-corrected chi connectivity index (χ2v) is 8.82. The average molecular weight is 663 g/mol. The Labute approximate surface area is 197 Å². The van der Waals surface area contributed by atoms with Crippen LogP contribution in [0, 0.1) is 0 Å². The molecule has 1 N–H and O–H groups in total. The molecule has 0 bridgehead atoms. The SMILES string of the molecule is CNS(=O)(=O)C(F)(F)C(F)(F)C(F)(F)C(F)(F)C(F)(F)C(F)(F)C(F)(F)C(F)(F)C(F)(F)C(F)(F)C(F)(F)F. The normalized spacial score (nSPS) is 17.0. The summed E-state index contributed by atoms with van der Waals surface area (Å²) in [6, 6.07) is 0. The van der Waals surface area contributed by atoms with E-state index in [2.05, 4.69) is 0 Å². The first-order valence-corrected chi connectivity index (χ1v) is 9.57. The summed E-state index contributed by atoms with van der Waals surface area (Å²) in [6.45, 7) is 0. The van der Waals surface area contributed by atoms with Gasteiger partial charge in [-0.2, -0.15) is 101 Å². The Hall–Kier alpha value is -1.70. The van der Waals surface area contributed by atoms with Gasteiger partial charge in [-0.3, -0.25) is 0 Å². The number of alkyl halides is 23. The van der Waals surface area contributed by atoms with Crippen molar-refractivity contribution in [2.75, 3.05) is 7.05 Å². The first kappa shape index (κ1) is 37.3. The molecule has 0 aliphatic carbocycles. The van der Waals surface area contributed by atoms with Crippen LogP contribution in [0.4, 0.5) is 101 Å². The van der Waals surface area contributed by atoms with E-state index in [-0.39, 0.29) is 11.8 Å². The highest BCUT2D eigenvalue weighted by atomic mass is 32.2. The Bertz CT molecular complexity index is 1020. The third-order valence-electron chi connectivity index (χ3n) is 4.48. The van der Waals surface area contributed by atoms with Crippen LogP contribution in [-0.4, -0.2) is 80.2 Å². The Kier molecular flexibility index (Phi) is 8.51. The van der Waals surface area contributed by atoms with Crippen molar-refractivity contribution in [3.05, 3.63) is 0 Å². The summed E-state index contributed by atoms with van der Waals surface area (Å²) in [7, 11) is -7.79. The quantitative estimate of drug-likeness (QED) is 0.260. The van der Waals surface area contributed by atoms with Crippen molar-refractivity contribution in [2.24, 2.45) is 0 Å². The van der Waals surface area contributed by atoms with Crippen molar-refractivity contribution < 1.29 is 109 Å². The minimum atomic E-state index is -9.53. The van der Waals surface area contributed by atoms with Gasteiger partial charge in [-0.05, 0) is 7.05 Å². The standard InChI is InChI=1S/C12H4F23NO2S/c1-36-39(37,38)12(34,35)10(29,30)8(25,26)6(21,22)4(17,18)2(13,14)3(15,16)5(19,20)7(23,24)9(27,28)11(31,32)33/h36H,1H3. The molecule has 0 amide bonds. The van der Waals surface area contributed by atoms with E-state index in [4.69, 9.17) is 0 Å². The van der Waals surface area contributed by atoms with Crippen molar-refractivity contribution in [3.63, 3.8) is 0 Å². The van der Waals surface area contributed by atoms with Crippen LogP contribution in [0.25, 0.3) is 0 Å². The second-order valence-electron chi connectivity index (χ2n) is 6.89. The molecule has 0 saturated carbocycles. The van der Waals surface area contributed by atoms with Gasteiger partial charge in [-0.15, -0.1) is 0 Å². The first-order valence-electron chi connectivity index (χ1n) is 8.09. The molecule has 0 unspecified atom stereocenters. The lowest BCUT2D eigenvalue weighted by atomic mass is 9.86.